The van der Waals surface area contributed by atoms with Crippen LogP contribution in [0.3, 0.4) is 0 Å². The topological polar surface area (TPSA) is 63.3 Å². The maximum Gasteiger partial charge on any atom is 0.418 e. The van der Waals surface area contributed by atoms with Crippen molar-refractivity contribution in [3.05, 3.63) is 34.9 Å². The zero-order valence-electron chi connectivity index (χ0n) is 9.51. The Hall–Kier alpha value is -2.19. The highest BCUT2D eigenvalue weighted by Crippen LogP contribution is 2.41. The molecular formula is C11H7F6NO2. The average Bonchev–Trinajstić information content (AvgIpc) is 2.23. The molecule has 1 aromatic rings. The van der Waals surface area contributed by atoms with Gasteiger partial charge in [0.1, 0.15) is 0 Å². The van der Waals surface area contributed by atoms with Crippen LogP contribution < -0.4 is 5.73 Å². The highest BCUT2D eigenvalue weighted by atomic mass is 19.4. The van der Waals surface area contributed by atoms with Crippen LogP contribution in [0.4, 0.5) is 32.0 Å². The van der Waals surface area contributed by atoms with Gasteiger partial charge in [0.05, 0.1) is 16.8 Å². The van der Waals surface area contributed by atoms with Crippen LogP contribution in [0.5, 0.6) is 0 Å². The number of carbonyl (C=O) groups is 1. The third-order valence-corrected chi connectivity index (χ3v) is 2.29. The van der Waals surface area contributed by atoms with E-state index in [4.69, 9.17) is 10.8 Å². The monoisotopic (exact) mass is 299 g/mol. The minimum atomic E-state index is -4.96. The Morgan fingerprint density at radius 3 is 1.90 bits per heavy atom. The van der Waals surface area contributed by atoms with Crippen molar-refractivity contribution in [1.82, 2.24) is 0 Å². The first-order chi connectivity index (χ1) is 8.94. The van der Waals surface area contributed by atoms with Gasteiger partial charge in [0.15, 0.2) is 0 Å². The number of anilines is 1. The predicted molar refractivity (Wildman–Crippen MR) is 57.5 cm³/mol. The molecule has 0 aliphatic carbocycles. The smallest absolute Gasteiger partial charge is 0.418 e. The Morgan fingerprint density at radius 1 is 1.05 bits per heavy atom. The summed E-state index contributed by atoms with van der Waals surface area (Å²) >= 11 is 0. The molecule has 110 valence electrons. The lowest BCUT2D eigenvalue weighted by molar-refractivity contribution is -0.141. The molecule has 9 heteroatoms. The number of benzene rings is 1. The van der Waals surface area contributed by atoms with Crippen LogP contribution in [-0.2, 0) is 17.1 Å². The lowest BCUT2D eigenvalue weighted by Crippen LogP contribution is -2.15. The summed E-state index contributed by atoms with van der Waals surface area (Å²) in [5, 5.41) is 8.36. The number of rotatable bonds is 2. The Bertz CT molecular complexity index is 559. The van der Waals surface area contributed by atoms with Gasteiger partial charge in [-0.25, -0.2) is 4.79 Å². The van der Waals surface area contributed by atoms with Crippen LogP contribution in [0.25, 0.3) is 6.08 Å². The third-order valence-electron chi connectivity index (χ3n) is 2.29. The van der Waals surface area contributed by atoms with E-state index < -0.39 is 40.7 Å². The minimum Gasteiger partial charge on any atom is -0.478 e. The van der Waals surface area contributed by atoms with Crippen LogP contribution in [0.1, 0.15) is 16.7 Å². The Morgan fingerprint density at radius 2 is 1.50 bits per heavy atom. The van der Waals surface area contributed by atoms with E-state index >= 15 is 0 Å². The molecule has 0 aliphatic rings. The number of carboxylic acid groups (broad SMARTS) is 1. The van der Waals surface area contributed by atoms with Crippen molar-refractivity contribution < 1.29 is 36.2 Å². The van der Waals surface area contributed by atoms with Gasteiger partial charge in [0, 0.05) is 11.6 Å². The summed E-state index contributed by atoms with van der Waals surface area (Å²) in [6.45, 7) is 0. The average molecular weight is 299 g/mol. The quantitative estimate of drug-likeness (QED) is 0.500. The molecule has 0 saturated heterocycles. The summed E-state index contributed by atoms with van der Waals surface area (Å²) in [4.78, 5) is 10.3. The van der Waals surface area contributed by atoms with Crippen molar-refractivity contribution in [1.29, 1.82) is 0 Å². The largest absolute Gasteiger partial charge is 0.478 e. The molecule has 0 fully saturated rings. The van der Waals surface area contributed by atoms with Gasteiger partial charge in [-0.2, -0.15) is 26.3 Å². The molecule has 1 aromatic carbocycles. The summed E-state index contributed by atoms with van der Waals surface area (Å²) in [7, 11) is 0. The van der Waals surface area contributed by atoms with E-state index in [1.807, 2.05) is 0 Å². The Kier molecular flexibility index (Phi) is 4.02. The molecule has 0 atom stereocenters. The van der Waals surface area contributed by atoms with Crippen molar-refractivity contribution in [3.63, 3.8) is 0 Å². The molecule has 3 N–H and O–H groups in total. The Labute approximate surface area is 108 Å². The van der Waals surface area contributed by atoms with Gasteiger partial charge in [-0.05, 0) is 18.2 Å². The van der Waals surface area contributed by atoms with Gasteiger partial charge in [0.2, 0.25) is 0 Å². The number of nitrogens with two attached hydrogens (primary N) is 1. The second-order valence-electron chi connectivity index (χ2n) is 3.66. The van der Waals surface area contributed by atoms with Crippen LogP contribution in [-0.4, -0.2) is 11.1 Å². The summed E-state index contributed by atoms with van der Waals surface area (Å²) in [6.07, 6.45) is -9.24. The lowest BCUT2D eigenvalue weighted by Gasteiger charge is -2.17. The fourth-order valence-electron chi connectivity index (χ4n) is 1.46. The highest BCUT2D eigenvalue weighted by Gasteiger charge is 2.39. The highest BCUT2D eigenvalue weighted by molar-refractivity contribution is 5.87. The van der Waals surface area contributed by atoms with E-state index in [0.717, 1.165) is 0 Å². The number of alkyl halides is 6. The van der Waals surface area contributed by atoms with E-state index in [-0.39, 0.29) is 18.2 Å². The predicted octanol–water partition coefficient (Wildman–Crippen LogP) is 3.40. The van der Waals surface area contributed by atoms with Gasteiger partial charge in [-0.15, -0.1) is 0 Å². The number of hydrogen-bond donors (Lipinski definition) is 2. The first-order valence-electron chi connectivity index (χ1n) is 4.92. The van der Waals surface area contributed by atoms with Crippen LogP contribution >= 0.6 is 0 Å². The lowest BCUT2D eigenvalue weighted by atomic mass is 9.99. The molecule has 0 radical (unpaired) electrons. The van der Waals surface area contributed by atoms with Gasteiger partial charge in [-0.3, -0.25) is 0 Å². The first-order valence-corrected chi connectivity index (χ1v) is 4.92. The molecule has 0 unspecified atom stereocenters. The molecule has 20 heavy (non-hydrogen) atoms. The van der Waals surface area contributed by atoms with Crippen LogP contribution in [0.2, 0.25) is 0 Å². The zero-order valence-corrected chi connectivity index (χ0v) is 9.51. The summed E-state index contributed by atoms with van der Waals surface area (Å²) in [5.41, 5.74) is -0.0262. The standard InChI is InChI=1S/C11H7F6NO2/c12-10(13,14)6-2-3-7(11(15,16)17)9(18)5(6)1-4-8(19)20/h1-4H,18H2,(H,19,20)/b4-1+. The number of nitrogen functional groups attached to an aromatic ring is 1. The molecule has 0 bridgehead atoms. The Balaban J connectivity index is 3.59. The third kappa shape index (κ3) is 3.43. The van der Waals surface area contributed by atoms with Crippen LogP contribution in [0, 0.1) is 0 Å². The first kappa shape index (κ1) is 15.9. The summed E-state index contributed by atoms with van der Waals surface area (Å²) < 4.78 is 75.7. The molecule has 0 heterocycles. The van der Waals surface area contributed by atoms with E-state index in [0.29, 0.717) is 6.08 Å². The summed E-state index contributed by atoms with van der Waals surface area (Å²) in [6, 6.07) is 0.414. The molecule has 1 rings (SSSR count). The van der Waals surface area contributed by atoms with E-state index in [1.165, 1.54) is 0 Å². The SMILES string of the molecule is Nc1c(C(F)(F)F)ccc(C(F)(F)F)c1/C=C/C(=O)O. The fraction of sp³-hybridized carbons (Fsp3) is 0.182. The molecule has 0 aliphatic heterocycles. The maximum absolute atomic E-state index is 12.7. The van der Waals surface area contributed by atoms with Gasteiger partial charge < -0.3 is 10.8 Å². The fourth-order valence-corrected chi connectivity index (χ4v) is 1.46. The van der Waals surface area contributed by atoms with Gasteiger partial charge in [-0.1, -0.05) is 0 Å². The minimum absolute atomic E-state index is 0.205. The van der Waals surface area contributed by atoms with E-state index in [1.54, 1.807) is 0 Å². The molecule has 3 nitrogen and oxygen atoms in total. The van der Waals surface area contributed by atoms with Crippen molar-refractivity contribution in [2.24, 2.45) is 0 Å². The number of hydrogen-bond acceptors (Lipinski definition) is 2. The van der Waals surface area contributed by atoms with Crippen LogP contribution in [0.15, 0.2) is 18.2 Å². The normalized spacial score (nSPS) is 12.9. The second kappa shape index (κ2) is 5.06. The van der Waals surface area contributed by atoms with E-state index in [2.05, 4.69) is 0 Å². The zero-order chi connectivity index (χ0) is 15.7. The van der Waals surface area contributed by atoms with Crippen molar-refractivity contribution in [3.8, 4) is 0 Å². The van der Waals surface area contributed by atoms with Crippen molar-refractivity contribution in [2.45, 2.75) is 12.4 Å². The molecule has 0 amide bonds. The van der Waals surface area contributed by atoms with Gasteiger partial charge in [0.25, 0.3) is 0 Å². The molecule has 0 saturated carbocycles. The second-order valence-corrected chi connectivity index (χ2v) is 3.66. The maximum atomic E-state index is 12.7. The number of halogens is 6. The van der Waals surface area contributed by atoms with Crippen molar-refractivity contribution >= 4 is 17.7 Å². The van der Waals surface area contributed by atoms with Gasteiger partial charge >= 0.3 is 18.3 Å². The summed E-state index contributed by atoms with van der Waals surface area (Å²) in [5.74, 6) is -1.62. The van der Waals surface area contributed by atoms with Crippen molar-refractivity contribution in [2.75, 3.05) is 5.73 Å². The number of carboxylic acids is 1. The number of aliphatic carboxylic acids is 1. The van der Waals surface area contributed by atoms with E-state index in [9.17, 15) is 31.1 Å². The molecule has 0 spiro atoms. The molecule has 0 aromatic heterocycles. The molecular weight excluding hydrogens is 292 g/mol.